The first-order chi connectivity index (χ1) is 9.06. The first kappa shape index (κ1) is 15.5. The number of benzene rings is 1. The van der Waals surface area contributed by atoms with Gasteiger partial charge in [-0.2, -0.15) is 0 Å². The molecular formula is C15H23NO3. The van der Waals surface area contributed by atoms with Crippen molar-refractivity contribution in [2.45, 2.75) is 33.2 Å². The van der Waals surface area contributed by atoms with Crippen LogP contribution in [0.2, 0.25) is 0 Å². The summed E-state index contributed by atoms with van der Waals surface area (Å²) in [7, 11) is 0. The van der Waals surface area contributed by atoms with Crippen LogP contribution in [0.15, 0.2) is 24.3 Å². The van der Waals surface area contributed by atoms with Gasteiger partial charge in [-0.05, 0) is 30.5 Å². The molecule has 0 radical (unpaired) electrons. The van der Waals surface area contributed by atoms with E-state index < -0.39 is 0 Å². The van der Waals surface area contributed by atoms with Gasteiger partial charge in [0.25, 0.3) is 5.91 Å². The third-order valence-electron chi connectivity index (χ3n) is 2.73. The second kappa shape index (κ2) is 7.79. The molecule has 1 atom stereocenters. The zero-order valence-electron chi connectivity index (χ0n) is 11.8. The third-order valence-corrected chi connectivity index (χ3v) is 2.73. The summed E-state index contributed by atoms with van der Waals surface area (Å²) < 4.78 is 5.59. The molecule has 2 N–H and O–H groups in total. The molecule has 4 heteroatoms. The average molecular weight is 265 g/mol. The van der Waals surface area contributed by atoms with E-state index in [-0.39, 0.29) is 18.6 Å². The van der Waals surface area contributed by atoms with Crippen molar-refractivity contribution >= 4 is 5.91 Å². The van der Waals surface area contributed by atoms with Crippen molar-refractivity contribution in [3.63, 3.8) is 0 Å². The lowest BCUT2D eigenvalue weighted by atomic mass is 10.1. The Kier molecular flexibility index (Phi) is 6.36. The Labute approximate surface area is 114 Å². The van der Waals surface area contributed by atoms with Crippen molar-refractivity contribution in [2.24, 2.45) is 5.92 Å². The van der Waals surface area contributed by atoms with E-state index in [0.29, 0.717) is 30.3 Å². The van der Waals surface area contributed by atoms with Gasteiger partial charge in [-0.1, -0.05) is 26.8 Å². The van der Waals surface area contributed by atoms with Gasteiger partial charge in [0.1, 0.15) is 5.75 Å². The maximum Gasteiger partial charge on any atom is 0.251 e. The molecule has 0 saturated carbocycles. The minimum atomic E-state index is -0.201. The number of carbonyl (C=O) groups is 1. The van der Waals surface area contributed by atoms with E-state index in [9.17, 15) is 4.79 Å². The van der Waals surface area contributed by atoms with Gasteiger partial charge < -0.3 is 15.2 Å². The Balaban J connectivity index is 2.67. The second-order valence-corrected chi connectivity index (χ2v) is 4.99. The van der Waals surface area contributed by atoms with Crippen LogP contribution in [0.4, 0.5) is 0 Å². The highest BCUT2D eigenvalue weighted by Gasteiger charge is 2.11. The van der Waals surface area contributed by atoms with Crippen LogP contribution in [0.1, 0.15) is 37.6 Å². The molecule has 1 amide bonds. The van der Waals surface area contributed by atoms with Gasteiger partial charge in [-0.15, -0.1) is 0 Å². The number of aliphatic hydroxyl groups is 1. The second-order valence-electron chi connectivity index (χ2n) is 4.99. The van der Waals surface area contributed by atoms with Gasteiger partial charge in [0.05, 0.1) is 19.3 Å². The molecule has 1 unspecified atom stereocenters. The number of aliphatic hydroxyl groups excluding tert-OH is 1. The topological polar surface area (TPSA) is 58.6 Å². The van der Waals surface area contributed by atoms with Crippen LogP contribution in [0.25, 0.3) is 0 Å². The Bertz CT molecular complexity index is 400. The van der Waals surface area contributed by atoms with Gasteiger partial charge in [-0.3, -0.25) is 4.79 Å². The number of rotatable bonds is 7. The van der Waals surface area contributed by atoms with Gasteiger partial charge in [0.2, 0.25) is 0 Å². The summed E-state index contributed by atoms with van der Waals surface area (Å²) in [6.45, 7) is 6.64. The molecule has 0 aliphatic carbocycles. The molecule has 0 aliphatic rings. The van der Waals surface area contributed by atoms with E-state index in [4.69, 9.17) is 9.84 Å². The lowest BCUT2D eigenvalue weighted by Gasteiger charge is -2.14. The molecule has 0 bridgehead atoms. The van der Waals surface area contributed by atoms with E-state index in [1.54, 1.807) is 18.2 Å². The maximum absolute atomic E-state index is 12.0. The SMILES string of the molecule is CCC(CO)NC(=O)c1cccc(OCC(C)C)c1. The number of nitrogens with one attached hydrogen (secondary N) is 1. The van der Waals surface area contributed by atoms with Crippen molar-refractivity contribution in [3.8, 4) is 5.75 Å². The largest absolute Gasteiger partial charge is 0.493 e. The molecule has 0 spiro atoms. The van der Waals surface area contributed by atoms with E-state index in [0.717, 1.165) is 0 Å². The summed E-state index contributed by atoms with van der Waals surface area (Å²) in [5, 5.41) is 11.9. The minimum absolute atomic E-state index is 0.0498. The molecule has 0 saturated heterocycles. The van der Waals surface area contributed by atoms with Crippen LogP contribution in [-0.4, -0.2) is 30.3 Å². The quantitative estimate of drug-likeness (QED) is 0.794. The third kappa shape index (κ3) is 5.30. The van der Waals surface area contributed by atoms with Gasteiger partial charge >= 0.3 is 0 Å². The Hall–Kier alpha value is -1.55. The molecule has 0 aromatic heterocycles. The lowest BCUT2D eigenvalue weighted by molar-refractivity contribution is 0.0914. The Morgan fingerprint density at radius 1 is 1.42 bits per heavy atom. The average Bonchev–Trinajstić information content (AvgIpc) is 2.42. The number of hydrogen-bond acceptors (Lipinski definition) is 3. The predicted octanol–water partition coefficient (Wildman–Crippen LogP) is 2.22. The predicted molar refractivity (Wildman–Crippen MR) is 75.4 cm³/mol. The van der Waals surface area contributed by atoms with E-state index in [1.165, 1.54) is 0 Å². The molecule has 0 heterocycles. The fourth-order valence-electron chi connectivity index (χ4n) is 1.54. The Morgan fingerprint density at radius 3 is 2.74 bits per heavy atom. The van der Waals surface area contributed by atoms with E-state index in [1.807, 2.05) is 13.0 Å². The highest BCUT2D eigenvalue weighted by molar-refractivity contribution is 5.94. The van der Waals surface area contributed by atoms with Crippen molar-refractivity contribution in [2.75, 3.05) is 13.2 Å². The summed E-state index contributed by atoms with van der Waals surface area (Å²) in [6.07, 6.45) is 0.700. The van der Waals surface area contributed by atoms with E-state index in [2.05, 4.69) is 19.2 Å². The Morgan fingerprint density at radius 2 is 2.16 bits per heavy atom. The lowest BCUT2D eigenvalue weighted by Crippen LogP contribution is -2.36. The first-order valence-electron chi connectivity index (χ1n) is 6.71. The summed E-state index contributed by atoms with van der Waals surface area (Å²) in [5.74, 6) is 0.950. The molecular weight excluding hydrogens is 242 g/mol. The monoisotopic (exact) mass is 265 g/mol. The molecule has 0 fully saturated rings. The summed E-state index contributed by atoms with van der Waals surface area (Å²) in [6, 6.07) is 6.89. The van der Waals surface area contributed by atoms with Crippen LogP contribution in [0, 0.1) is 5.92 Å². The van der Waals surface area contributed by atoms with Crippen molar-refractivity contribution in [1.29, 1.82) is 0 Å². The minimum Gasteiger partial charge on any atom is -0.493 e. The number of hydrogen-bond donors (Lipinski definition) is 2. The summed E-state index contributed by atoms with van der Waals surface area (Å²) >= 11 is 0. The van der Waals surface area contributed by atoms with Crippen LogP contribution in [-0.2, 0) is 0 Å². The highest BCUT2D eigenvalue weighted by atomic mass is 16.5. The van der Waals surface area contributed by atoms with E-state index >= 15 is 0 Å². The molecule has 106 valence electrons. The molecule has 1 aromatic carbocycles. The van der Waals surface area contributed by atoms with Crippen LogP contribution >= 0.6 is 0 Å². The summed E-state index contributed by atoms with van der Waals surface area (Å²) in [4.78, 5) is 12.0. The molecule has 0 aliphatic heterocycles. The van der Waals surface area contributed by atoms with Crippen LogP contribution in [0.3, 0.4) is 0 Å². The van der Waals surface area contributed by atoms with Crippen molar-refractivity contribution in [3.05, 3.63) is 29.8 Å². The highest BCUT2D eigenvalue weighted by Crippen LogP contribution is 2.14. The van der Waals surface area contributed by atoms with Crippen molar-refractivity contribution in [1.82, 2.24) is 5.32 Å². The van der Waals surface area contributed by atoms with Gasteiger partial charge in [0.15, 0.2) is 0 Å². The van der Waals surface area contributed by atoms with Crippen molar-refractivity contribution < 1.29 is 14.6 Å². The fraction of sp³-hybridized carbons (Fsp3) is 0.533. The summed E-state index contributed by atoms with van der Waals surface area (Å²) in [5.41, 5.74) is 0.549. The first-order valence-corrected chi connectivity index (χ1v) is 6.71. The molecule has 1 rings (SSSR count). The normalized spacial score (nSPS) is 12.3. The van der Waals surface area contributed by atoms with Gasteiger partial charge in [-0.25, -0.2) is 0 Å². The fourth-order valence-corrected chi connectivity index (χ4v) is 1.54. The van der Waals surface area contributed by atoms with Crippen LogP contribution < -0.4 is 10.1 Å². The molecule has 4 nitrogen and oxygen atoms in total. The molecule has 1 aromatic rings. The zero-order chi connectivity index (χ0) is 14.3. The van der Waals surface area contributed by atoms with Gasteiger partial charge in [0, 0.05) is 5.56 Å². The number of ether oxygens (including phenoxy) is 1. The molecule has 19 heavy (non-hydrogen) atoms. The number of carbonyl (C=O) groups excluding carboxylic acids is 1. The zero-order valence-corrected chi connectivity index (χ0v) is 11.8. The smallest absolute Gasteiger partial charge is 0.251 e. The van der Waals surface area contributed by atoms with Crippen LogP contribution in [0.5, 0.6) is 5.75 Å². The standard InChI is InChI=1S/C15H23NO3/c1-4-13(9-17)16-15(18)12-6-5-7-14(8-12)19-10-11(2)3/h5-8,11,13,17H,4,9-10H2,1-3H3,(H,16,18). The number of amides is 1. The maximum atomic E-state index is 12.0.